The Morgan fingerprint density at radius 2 is 1.72 bits per heavy atom. The third-order valence-corrected chi connectivity index (χ3v) is 5.84. The van der Waals surface area contributed by atoms with E-state index in [1.54, 1.807) is 0 Å². The van der Waals surface area contributed by atoms with E-state index in [4.69, 9.17) is 9.47 Å². The lowest BCUT2D eigenvalue weighted by atomic mass is 9.80. The highest BCUT2D eigenvalue weighted by atomic mass is 19.4. The number of hydrogen-bond acceptors (Lipinski definition) is 4. The molecule has 0 saturated heterocycles. The first kappa shape index (κ1) is 21.7. The molecular weight excluding hydrogens is 385 g/mol. The highest BCUT2D eigenvalue weighted by Gasteiger charge is 2.51. The number of hydrogen-bond donors (Lipinski definition) is 1. The van der Waals surface area contributed by atoms with Crippen LogP contribution in [0, 0.1) is 6.92 Å². The maximum Gasteiger partial charge on any atom is 0.411 e. The first-order valence-electron chi connectivity index (χ1n) is 10.1. The maximum absolute atomic E-state index is 12.8. The molecule has 7 heteroatoms. The van der Waals surface area contributed by atoms with E-state index in [1.165, 1.54) is 0 Å². The van der Waals surface area contributed by atoms with E-state index in [2.05, 4.69) is 0 Å². The van der Waals surface area contributed by atoms with Crippen LogP contribution in [0.2, 0.25) is 0 Å². The lowest BCUT2D eigenvalue weighted by Crippen LogP contribution is -2.39. The summed E-state index contributed by atoms with van der Waals surface area (Å²) in [7, 11) is 0. The van der Waals surface area contributed by atoms with Gasteiger partial charge in [0.25, 0.3) is 0 Å². The smallest absolute Gasteiger partial charge is 0.411 e. The van der Waals surface area contributed by atoms with E-state index >= 15 is 0 Å². The summed E-state index contributed by atoms with van der Waals surface area (Å²) in [5.41, 5.74) is 2.81. The van der Waals surface area contributed by atoms with Gasteiger partial charge in [0.1, 0.15) is 12.2 Å². The lowest BCUT2D eigenvalue weighted by Gasteiger charge is -2.35. The molecule has 1 spiro atoms. The predicted molar refractivity (Wildman–Crippen MR) is 103 cm³/mol. The monoisotopic (exact) mass is 412 g/mol. The fourth-order valence-electron chi connectivity index (χ4n) is 4.42. The molecule has 1 aromatic carbocycles. The quantitative estimate of drug-likeness (QED) is 0.675. The molecule has 1 heterocycles. The fraction of sp³-hybridized carbons (Fsp3) is 0.591. The van der Waals surface area contributed by atoms with Crippen LogP contribution in [0.5, 0.6) is 0 Å². The highest BCUT2D eigenvalue weighted by Crippen LogP contribution is 2.47. The fourth-order valence-corrected chi connectivity index (χ4v) is 4.42. The molecule has 1 N–H and O–H groups in total. The van der Waals surface area contributed by atoms with E-state index in [9.17, 15) is 23.1 Å². The molecule has 4 nitrogen and oxygen atoms in total. The Kier molecular flexibility index (Phi) is 5.99. The van der Waals surface area contributed by atoms with Gasteiger partial charge in [-0.1, -0.05) is 31.5 Å². The molecule has 0 unspecified atom stereocenters. The second-order valence-corrected chi connectivity index (χ2v) is 7.90. The number of aliphatic hydroxyl groups is 1. The van der Waals surface area contributed by atoms with Crippen LogP contribution in [-0.2, 0) is 27.1 Å². The van der Waals surface area contributed by atoms with Gasteiger partial charge < -0.3 is 14.6 Å². The second kappa shape index (κ2) is 8.01. The maximum atomic E-state index is 12.8. The molecule has 29 heavy (non-hydrogen) atoms. The topological polar surface area (TPSA) is 55.8 Å². The largest absolute Gasteiger partial charge is 0.507 e. The van der Waals surface area contributed by atoms with Crippen molar-refractivity contribution in [3.8, 4) is 0 Å². The Bertz CT molecular complexity index is 793. The summed E-state index contributed by atoms with van der Waals surface area (Å²) >= 11 is 0. The van der Waals surface area contributed by atoms with Crippen molar-refractivity contribution in [3.63, 3.8) is 0 Å². The number of rotatable bonds is 5. The highest BCUT2D eigenvalue weighted by molar-refractivity contribution is 6.20. The van der Waals surface area contributed by atoms with Crippen LogP contribution >= 0.6 is 0 Å². The van der Waals surface area contributed by atoms with Gasteiger partial charge in [0, 0.05) is 0 Å². The zero-order valence-corrected chi connectivity index (χ0v) is 17.0. The van der Waals surface area contributed by atoms with E-state index in [1.807, 2.05) is 32.9 Å². The van der Waals surface area contributed by atoms with Crippen LogP contribution in [0.15, 0.2) is 17.9 Å². The van der Waals surface area contributed by atoms with Gasteiger partial charge in [-0.3, -0.25) is 0 Å². The van der Waals surface area contributed by atoms with Crippen molar-refractivity contribution in [1.82, 2.24) is 0 Å². The lowest BCUT2D eigenvalue weighted by molar-refractivity contribution is -0.192. The summed E-state index contributed by atoms with van der Waals surface area (Å²) in [5.74, 6) is -0.657. The van der Waals surface area contributed by atoms with Crippen LogP contribution in [0.25, 0.3) is 5.57 Å². The zero-order valence-electron chi connectivity index (χ0n) is 17.0. The van der Waals surface area contributed by atoms with Crippen molar-refractivity contribution in [2.24, 2.45) is 0 Å². The molecular formula is C22H27F3O4. The van der Waals surface area contributed by atoms with Crippen molar-refractivity contribution in [1.29, 1.82) is 0 Å². The van der Waals surface area contributed by atoms with Crippen molar-refractivity contribution in [2.45, 2.75) is 77.2 Å². The molecule has 0 radical (unpaired) electrons. The molecule has 0 amide bonds. The molecule has 1 fully saturated rings. The molecule has 3 rings (SSSR count). The summed E-state index contributed by atoms with van der Waals surface area (Å²) in [6.45, 7) is 4.69. The standard InChI is InChI=1S/C22H27F3O4/c1-4-14-10-13(3)11-15(5-2)17(14)18-19(26)21(29-20(18)27)8-6-16(7-9-21)28-12-22(23,24)25/h10-11,16,26H,4-9,12H2,1-3H3/t16-,21+. The number of esters is 1. The van der Waals surface area contributed by atoms with Crippen LogP contribution < -0.4 is 0 Å². The molecule has 0 bridgehead atoms. The number of halogens is 3. The Morgan fingerprint density at radius 1 is 1.17 bits per heavy atom. The molecule has 0 atom stereocenters. The molecule has 1 aliphatic heterocycles. The third-order valence-electron chi connectivity index (χ3n) is 5.84. The Hall–Kier alpha value is -2.02. The van der Waals surface area contributed by atoms with Crippen LogP contribution in [-0.4, -0.2) is 35.6 Å². The van der Waals surface area contributed by atoms with E-state index < -0.39 is 30.5 Å². The van der Waals surface area contributed by atoms with Gasteiger partial charge in [-0.25, -0.2) is 4.79 Å². The Labute approximate surface area is 168 Å². The van der Waals surface area contributed by atoms with Crippen LogP contribution in [0.3, 0.4) is 0 Å². The van der Waals surface area contributed by atoms with Gasteiger partial charge in [0.15, 0.2) is 11.4 Å². The predicted octanol–water partition coefficient (Wildman–Crippen LogP) is 5.21. The molecule has 2 aliphatic rings. The Morgan fingerprint density at radius 3 is 2.21 bits per heavy atom. The minimum absolute atomic E-state index is 0.0926. The molecule has 1 aliphatic carbocycles. The zero-order chi connectivity index (χ0) is 21.4. The van der Waals surface area contributed by atoms with Crippen molar-refractivity contribution < 1.29 is 32.5 Å². The summed E-state index contributed by atoms with van der Waals surface area (Å²) in [6, 6.07) is 4.02. The number of benzene rings is 1. The van der Waals surface area contributed by atoms with Crippen molar-refractivity contribution in [3.05, 3.63) is 40.1 Å². The number of alkyl halides is 3. The summed E-state index contributed by atoms with van der Waals surface area (Å²) < 4.78 is 47.8. The van der Waals surface area contributed by atoms with Gasteiger partial charge in [-0.05, 0) is 62.1 Å². The van der Waals surface area contributed by atoms with Crippen LogP contribution in [0.4, 0.5) is 13.2 Å². The minimum Gasteiger partial charge on any atom is -0.507 e. The van der Waals surface area contributed by atoms with Gasteiger partial charge in [-0.15, -0.1) is 0 Å². The number of aryl methyl sites for hydroxylation is 3. The molecule has 0 aromatic heterocycles. The number of ether oxygens (including phenoxy) is 2. The van der Waals surface area contributed by atoms with Crippen LogP contribution in [0.1, 0.15) is 61.8 Å². The summed E-state index contributed by atoms with van der Waals surface area (Å²) in [5, 5.41) is 11.1. The van der Waals surface area contributed by atoms with Gasteiger partial charge in [-0.2, -0.15) is 13.2 Å². The number of aliphatic hydroxyl groups excluding tert-OH is 1. The first-order chi connectivity index (χ1) is 13.6. The summed E-state index contributed by atoms with van der Waals surface area (Å²) in [6.07, 6.45) is -2.47. The average Bonchev–Trinajstić information content (AvgIpc) is 2.89. The third kappa shape index (κ3) is 4.29. The molecule has 1 saturated carbocycles. The van der Waals surface area contributed by atoms with E-state index in [-0.39, 0.29) is 37.0 Å². The summed E-state index contributed by atoms with van der Waals surface area (Å²) in [4.78, 5) is 12.8. The van der Waals surface area contributed by atoms with Gasteiger partial charge in [0.2, 0.25) is 0 Å². The first-order valence-corrected chi connectivity index (χ1v) is 10.1. The molecule has 1 aromatic rings. The van der Waals surface area contributed by atoms with E-state index in [0.29, 0.717) is 12.8 Å². The van der Waals surface area contributed by atoms with E-state index in [0.717, 1.165) is 22.3 Å². The van der Waals surface area contributed by atoms with Crippen molar-refractivity contribution >= 4 is 11.5 Å². The number of carbonyl (C=O) groups excluding carboxylic acids is 1. The van der Waals surface area contributed by atoms with Gasteiger partial charge in [0.05, 0.1) is 6.10 Å². The Balaban J connectivity index is 1.89. The number of carbonyl (C=O) groups is 1. The normalized spacial score (nSPS) is 25.0. The minimum atomic E-state index is -4.37. The molecule has 160 valence electrons. The van der Waals surface area contributed by atoms with Crippen molar-refractivity contribution in [2.75, 3.05) is 6.61 Å². The van der Waals surface area contributed by atoms with Gasteiger partial charge >= 0.3 is 12.1 Å². The SMILES string of the molecule is CCc1cc(C)cc(CC)c1C1=C(O)[C@]2(CC[C@H](OCC(F)(F)F)CC2)OC1=O. The second-order valence-electron chi connectivity index (χ2n) is 7.90. The average molecular weight is 412 g/mol.